The van der Waals surface area contributed by atoms with Crippen molar-refractivity contribution in [3.63, 3.8) is 0 Å². The maximum atomic E-state index is 13.0. The predicted octanol–water partition coefficient (Wildman–Crippen LogP) is 17.9. The summed E-state index contributed by atoms with van der Waals surface area (Å²) in [5.41, 5.74) is 0. The molecule has 71 heavy (non-hydrogen) atoms. The minimum Gasteiger partial charge on any atom is -0.756 e. The van der Waals surface area contributed by atoms with Crippen LogP contribution < -0.4 is 10.2 Å². The van der Waals surface area contributed by atoms with Crippen molar-refractivity contribution in [2.24, 2.45) is 0 Å². The highest BCUT2D eigenvalue weighted by Gasteiger charge is 2.23. The van der Waals surface area contributed by atoms with E-state index in [1.54, 1.807) is 6.08 Å². The molecule has 0 spiro atoms. The maximum absolute atomic E-state index is 13.0. The second kappa shape index (κ2) is 53.0. The number of quaternary nitrogens is 1. The number of aliphatic hydroxyl groups excluding tert-OH is 1. The first-order valence-electron chi connectivity index (χ1n) is 30.2. The number of phosphoric ester groups is 1. The Kier molecular flexibility index (Phi) is 51.7. The molecule has 0 rings (SSSR count). The third-order valence-electron chi connectivity index (χ3n) is 13.4. The number of nitrogens with one attached hydrogen (secondary N) is 1. The topological polar surface area (TPSA) is 108 Å². The number of hydrogen-bond donors (Lipinski definition) is 2. The molecular weight excluding hydrogens is 900 g/mol. The van der Waals surface area contributed by atoms with Crippen LogP contribution in [-0.4, -0.2) is 68.5 Å². The molecule has 0 aromatic heterocycles. The van der Waals surface area contributed by atoms with Crippen molar-refractivity contribution in [3.8, 4) is 0 Å². The molecule has 9 heteroatoms. The summed E-state index contributed by atoms with van der Waals surface area (Å²) in [5, 5.41) is 13.9. The quantitative estimate of drug-likeness (QED) is 0.0272. The summed E-state index contributed by atoms with van der Waals surface area (Å²) in [6, 6.07) is -0.915. The molecule has 3 atom stereocenters. The molecule has 8 nitrogen and oxygen atoms in total. The summed E-state index contributed by atoms with van der Waals surface area (Å²) < 4.78 is 23.3. The van der Waals surface area contributed by atoms with Gasteiger partial charge in [0.15, 0.2) is 0 Å². The highest BCUT2D eigenvalue weighted by Crippen LogP contribution is 2.38. The van der Waals surface area contributed by atoms with Crippen LogP contribution in [-0.2, 0) is 18.4 Å². The predicted molar refractivity (Wildman–Crippen MR) is 307 cm³/mol. The molecule has 0 fully saturated rings. The summed E-state index contributed by atoms with van der Waals surface area (Å²) >= 11 is 0. The molecule has 0 saturated heterocycles. The lowest BCUT2D eigenvalue weighted by Gasteiger charge is -2.29. The van der Waals surface area contributed by atoms with Gasteiger partial charge < -0.3 is 28.8 Å². The molecule has 2 N–H and O–H groups in total. The van der Waals surface area contributed by atoms with Crippen LogP contribution in [0.25, 0.3) is 0 Å². The largest absolute Gasteiger partial charge is 0.756 e. The van der Waals surface area contributed by atoms with E-state index in [-0.39, 0.29) is 12.5 Å². The van der Waals surface area contributed by atoms with E-state index in [1.807, 2.05) is 27.2 Å². The van der Waals surface area contributed by atoms with E-state index < -0.39 is 26.6 Å². The van der Waals surface area contributed by atoms with Gasteiger partial charge in [-0.1, -0.05) is 254 Å². The van der Waals surface area contributed by atoms with Gasteiger partial charge in [0, 0.05) is 6.42 Å². The first-order chi connectivity index (χ1) is 34.5. The third kappa shape index (κ3) is 55.8. The smallest absolute Gasteiger partial charge is 0.268 e. The Labute approximate surface area is 441 Å². The van der Waals surface area contributed by atoms with Gasteiger partial charge in [-0.2, -0.15) is 0 Å². The van der Waals surface area contributed by atoms with Crippen LogP contribution in [0.5, 0.6) is 0 Å². The number of allylic oxidation sites excluding steroid dienone is 9. The summed E-state index contributed by atoms with van der Waals surface area (Å²) in [6.07, 6.45) is 71.7. The molecule has 3 unspecified atom stereocenters. The Morgan fingerprint density at radius 2 is 0.831 bits per heavy atom. The van der Waals surface area contributed by atoms with Crippen LogP contribution in [0.2, 0.25) is 0 Å². The molecule has 0 aliphatic carbocycles. The second-order valence-electron chi connectivity index (χ2n) is 21.7. The van der Waals surface area contributed by atoms with Gasteiger partial charge in [-0.3, -0.25) is 9.36 Å². The number of aliphatic hydroxyl groups is 1. The lowest BCUT2D eigenvalue weighted by Crippen LogP contribution is -2.45. The zero-order valence-electron chi connectivity index (χ0n) is 47.4. The standard InChI is InChI=1S/C62H117N2O6P/c1-6-8-10-12-14-16-18-20-22-24-26-28-30-32-34-36-38-40-42-44-46-48-50-52-54-56-62(66)63-60(59-70-71(67,68)69-58-57-64(3,4)5)61(65)55-53-51-49-47-45-43-41-39-37-35-33-31-29-27-25-23-21-19-17-15-13-11-9-7-2/h26,28,32,34,37,39,45,47,53,55,60-61,65H,6-25,27,29-31,33,35-36,38,40-44,46,48-52,54,56-59H2,1-5H3,(H-,63,66,67,68)/b28-26-,34-32-,39-37+,47-45+,55-53+. The third-order valence-corrected chi connectivity index (χ3v) is 14.4. The van der Waals surface area contributed by atoms with E-state index in [2.05, 4.69) is 67.8 Å². The van der Waals surface area contributed by atoms with Crippen LogP contribution in [0.1, 0.15) is 277 Å². The second-order valence-corrected chi connectivity index (χ2v) is 23.1. The lowest BCUT2D eigenvalue weighted by atomic mass is 10.0. The number of amides is 1. The Morgan fingerprint density at radius 1 is 0.493 bits per heavy atom. The molecule has 0 radical (unpaired) electrons. The number of hydrogen-bond acceptors (Lipinski definition) is 6. The van der Waals surface area contributed by atoms with Crippen molar-refractivity contribution in [1.29, 1.82) is 0 Å². The number of likely N-dealkylation sites (N-methyl/N-ethyl adjacent to an activating group) is 1. The van der Waals surface area contributed by atoms with Crippen LogP contribution in [0, 0.1) is 0 Å². The molecule has 0 aromatic carbocycles. The fourth-order valence-corrected chi connectivity index (χ4v) is 9.41. The van der Waals surface area contributed by atoms with Gasteiger partial charge in [-0.25, -0.2) is 0 Å². The number of nitrogens with zero attached hydrogens (tertiary/aromatic N) is 1. The van der Waals surface area contributed by atoms with Crippen molar-refractivity contribution in [1.82, 2.24) is 5.32 Å². The first-order valence-corrected chi connectivity index (χ1v) is 31.6. The van der Waals surface area contributed by atoms with Crippen molar-refractivity contribution in [3.05, 3.63) is 60.8 Å². The van der Waals surface area contributed by atoms with Gasteiger partial charge in [-0.15, -0.1) is 0 Å². The van der Waals surface area contributed by atoms with Crippen molar-refractivity contribution >= 4 is 13.7 Å². The molecular formula is C62H117N2O6P. The molecule has 0 heterocycles. The van der Waals surface area contributed by atoms with Gasteiger partial charge in [0.25, 0.3) is 7.82 Å². The Morgan fingerprint density at radius 3 is 1.23 bits per heavy atom. The highest BCUT2D eigenvalue weighted by molar-refractivity contribution is 7.45. The zero-order chi connectivity index (χ0) is 52.0. The molecule has 0 saturated carbocycles. The SMILES string of the molecule is CCCCCCCCCCC/C=C\C/C=C\CCCCCCCCCCCC(=O)NC(COP(=O)([O-])OCC[N+](C)(C)C)C(O)/C=C/CC/C=C/CC/C=C/CCCCCCCCCCCCCCCC. The molecule has 0 bridgehead atoms. The molecule has 0 aliphatic rings. The number of rotatable bonds is 55. The van der Waals surface area contributed by atoms with Crippen molar-refractivity contribution in [2.75, 3.05) is 40.9 Å². The first kappa shape index (κ1) is 69.2. The lowest BCUT2D eigenvalue weighted by molar-refractivity contribution is -0.870. The minimum atomic E-state index is -4.61. The summed E-state index contributed by atoms with van der Waals surface area (Å²) in [5.74, 6) is -0.214. The zero-order valence-corrected chi connectivity index (χ0v) is 48.3. The summed E-state index contributed by atoms with van der Waals surface area (Å²) in [6.45, 7) is 4.64. The summed E-state index contributed by atoms with van der Waals surface area (Å²) in [4.78, 5) is 25.5. The van der Waals surface area contributed by atoms with E-state index in [4.69, 9.17) is 9.05 Å². The van der Waals surface area contributed by atoms with E-state index in [0.717, 1.165) is 51.4 Å². The van der Waals surface area contributed by atoms with E-state index >= 15 is 0 Å². The average Bonchev–Trinajstić information content (AvgIpc) is 3.33. The number of unbranched alkanes of at least 4 members (excludes halogenated alkanes) is 34. The van der Waals surface area contributed by atoms with E-state index in [1.165, 1.54) is 205 Å². The Balaban J connectivity index is 4.28. The molecule has 1 amide bonds. The fraction of sp³-hybridized carbons (Fsp3) is 0.823. The Hall–Kier alpha value is -1.80. The normalized spacial score (nSPS) is 14.3. The van der Waals surface area contributed by atoms with Gasteiger partial charge in [-0.05, 0) is 77.0 Å². The molecule has 0 aliphatic heterocycles. The van der Waals surface area contributed by atoms with E-state index in [9.17, 15) is 19.4 Å². The minimum absolute atomic E-state index is 0.0114. The van der Waals surface area contributed by atoms with Gasteiger partial charge in [0.2, 0.25) is 5.91 Å². The van der Waals surface area contributed by atoms with Crippen molar-refractivity contribution in [2.45, 2.75) is 289 Å². The Bertz CT molecular complexity index is 1340. The van der Waals surface area contributed by atoms with Gasteiger partial charge in [0.1, 0.15) is 13.2 Å². The van der Waals surface area contributed by atoms with Crippen LogP contribution in [0.15, 0.2) is 60.8 Å². The molecule has 0 aromatic rings. The number of phosphoric acid groups is 1. The van der Waals surface area contributed by atoms with Crippen LogP contribution >= 0.6 is 7.82 Å². The van der Waals surface area contributed by atoms with Crippen molar-refractivity contribution < 1.29 is 32.9 Å². The summed E-state index contributed by atoms with van der Waals surface area (Å²) in [7, 11) is 1.23. The van der Waals surface area contributed by atoms with Gasteiger partial charge >= 0.3 is 0 Å². The average molecular weight is 1020 g/mol. The number of carbonyl (C=O) groups excluding carboxylic acids is 1. The highest BCUT2D eigenvalue weighted by atomic mass is 31.2. The van der Waals surface area contributed by atoms with E-state index in [0.29, 0.717) is 17.4 Å². The van der Waals surface area contributed by atoms with Crippen LogP contribution in [0.3, 0.4) is 0 Å². The number of carbonyl (C=O) groups is 1. The van der Waals surface area contributed by atoms with Crippen LogP contribution in [0.4, 0.5) is 0 Å². The monoisotopic (exact) mass is 1020 g/mol. The van der Waals surface area contributed by atoms with Gasteiger partial charge in [0.05, 0.1) is 39.9 Å². The maximum Gasteiger partial charge on any atom is 0.268 e. The molecule has 416 valence electrons. The fourth-order valence-electron chi connectivity index (χ4n) is 8.69.